The summed E-state index contributed by atoms with van der Waals surface area (Å²) < 4.78 is 12.0. The predicted octanol–water partition coefficient (Wildman–Crippen LogP) is 6.22. The number of hydrogen-bond donors (Lipinski definition) is 1. The lowest BCUT2D eigenvalue weighted by Gasteiger charge is -2.58. The molecule has 1 aromatic carbocycles. The number of nitrogens with one attached hydrogen (secondary N) is 1. The molecule has 4 saturated carbocycles. The van der Waals surface area contributed by atoms with Crippen molar-refractivity contribution in [1.29, 1.82) is 0 Å². The van der Waals surface area contributed by atoms with Crippen molar-refractivity contribution < 1.29 is 28.7 Å². The van der Waals surface area contributed by atoms with Crippen LogP contribution in [0.5, 0.6) is 0 Å². The number of esters is 1. The fourth-order valence-electron chi connectivity index (χ4n) is 10.6. The van der Waals surface area contributed by atoms with E-state index in [4.69, 9.17) is 9.47 Å². The van der Waals surface area contributed by atoms with Crippen LogP contribution in [0.2, 0.25) is 0 Å². The van der Waals surface area contributed by atoms with E-state index >= 15 is 0 Å². The molecular weight excluding hydrogens is 566 g/mol. The Morgan fingerprint density at radius 3 is 2.47 bits per heavy atom. The molecule has 1 saturated heterocycles. The first-order valence-electron chi connectivity index (χ1n) is 17.7. The molecule has 0 radical (unpaired) electrons. The van der Waals surface area contributed by atoms with E-state index in [1.807, 2.05) is 30.3 Å². The second kappa shape index (κ2) is 13.0. The highest BCUT2D eigenvalue weighted by atomic mass is 16.6. The van der Waals surface area contributed by atoms with E-state index in [0.717, 1.165) is 63.6 Å². The van der Waals surface area contributed by atoms with Gasteiger partial charge in [-0.3, -0.25) is 19.2 Å². The van der Waals surface area contributed by atoms with Crippen molar-refractivity contribution >= 4 is 23.3 Å². The molecule has 4 aliphatic carbocycles. The molecule has 0 aromatic heterocycles. The van der Waals surface area contributed by atoms with Crippen LogP contribution in [0.25, 0.3) is 0 Å². The van der Waals surface area contributed by atoms with Crippen LogP contribution in [-0.2, 0) is 34.3 Å². The van der Waals surface area contributed by atoms with Crippen LogP contribution in [0.3, 0.4) is 0 Å². The van der Waals surface area contributed by atoms with Crippen molar-refractivity contribution in [2.75, 3.05) is 26.3 Å². The highest BCUT2D eigenvalue weighted by molar-refractivity contribution is 5.93. The molecule has 1 heterocycles. The molecule has 0 bridgehead atoms. The van der Waals surface area contributed by atoms with Gasteiger partial charge in [-0.2, -0.15) is 0 Å². The number of hydrogen-bond acceptors (Lipinski definition) is 7. The van der Waals surface area contributed by atoms with Crippen LogP contribution in [0.4, 0.5) is 0 Å². The molecular formula is C38H53NO6. The third-order valence-corrected chi connectivity index (χ3v) is 13.3. The highest BCUT2D eigenvalue weighted by Crippen LogP contribution is 2.66. The van der Waals surface area contributed by atoms with Crippen LogP contribution in [0.15, 0.2) is 30.3 Å². The van der Waals surface area contributed by atoms with Gasteiger partial charge in [0.2, 0.25) is 0 Å². The third kappa shape index (κ3) is 5.97. The second-order valence-electron chi connectivity index (χ2n) is 15.5. The Morgan fingerprint density at radius 2 is 1.71 bits per heavy atom. The van der Waals surface area contributed by atoms with Gasteiger partial charge in [-0.15, -0.1) is 0 Å². The van der Waals surface area contributed by atoms with Crippen LogP contribution in [-0.4, -0.2) is 49.6 Å². The molecule has 45 heavy (non-hydrogen) atoms. The lowest BCUT2D eigenvalue weighted by atomic mass is 9.44. The van der Waals surface area contributed by atoms with Gasteiger partial charge in [-0.05, 0) is 85.8 Å². The smallest absolute Gasteiger partial charge is 0.309 e. The Kier molecular flexibility index (Phi) is 9.42. The first-order valence-corrected chi connectivity index (χ1v) is 17.7. The molecule has 246 valence electrons. The van der Waals surface area contributed by atoms with Gasteiger partial charge in [0.25, 0.3) is 0 Å². The van der Waals surface area contributed by atoms with Gasteiger partial charge < -0.3 is 14.8 Å². The Balaban J connectivity index is 0.984. The Morgan fingerprint density at radius 1 is 0.956 bits per heavy atom. The summed E-state index contributed by atoms with van der Waals surface area (Å²) in [6, 6.07) is 10.1. The summed E-state index contributed by atoms with van der Waals surface area (Å²) in [5.41, 5.74) is -0.0340. The van der Waals surface area contributed by atoms with E-state index in [1.165, 1.54) is 0 Å². The predicted molar refractivity (Wildman–Crippen MR) is 171 cm³/mol. The number of ketones is 3. The summed E-state index contributed by atoms with van der Waals surface area (Å²) in [6.07, 6.45) is 8.48. The maximum absolute atomic E-state index is 14.0. The van der Waals surface area contributed by atoms with E-state index in [9.17, 15) is 19.2 Å². The van der Waals surface area contributed by atoms with E-state index < -0.39 is 11.0 Å². The third-order valence-electron chi connectivity index (χ3n) is 13.3. The van der Waals surface area contributed by atoms with E-state index in [-0.39, 0.29) is 53.2 Å². The molecule has 1 aromatic rings. The molecule has 7 heteroatoms. The van der Waals surface area contributed by atoms with Gasteiger partial charge >= 0.3 is 5.97 Å². The average Bonchev–Trinajstić information content (AvgIpc) is 3.39. The lowest BCUT2D eigenvalue weighted by Crippen LogP contribution is -2.60. The topological polar surface area (TPSA) is 98.8 Å². The molecule has 0 unspecified atom stereocenters. The first-order chi connectivity index (χ1) is 21.6. The Hall–Kier alpha value is -2.38. The minimum absolute atomic E-state index is 0.0339. The molecule has 5 aliphatic rings. The van der Waals surface area contributed by atoms with E-state index in [1.54, 1.807) is 0 Å². The summed E-state index contributed by atoms with van der Waals surface area (Å²) in [6.45, 7) is 9.27. The number of carbonyl (C=O) groups excluding carboxylic acids is 4. The van der Waals surface area contributed by atoms with Crippen molar-refractivity contribution in [2.45, 2.75) is 103 Å². The van der Waals surface area contributed by atoms with Crippen molar-refractivity contribution in [2.24, 2.45) is 46.3 Å². The normalized spacial score (nSPS) is 36.5. The summed E-state index contributed by atoms with van der Waals surface area (Å²) in [5, 5.41) is 3.37. The molecule has 6 rings (SSSR count). The van der Waals surface area contributed by atoms with Gasteiger partial charge in [0, 0.05) is 56.5 Å². The molecule has 1 aliphatic heterocycles. The quantitative estimate of drug-likeness (QED) is 0.245. The van der Waals surface area contributed by atoms with Crippen molar-refractivity contribution in [1.82, 2.24) is 5.32 Å². The fourth-order valence-corrected chi connectivity index (χ4v) is 10.6. The number of fused-ring (bicyclic) bond motifs is 5. The number of carbonyl (C=O) groups is 4. The number of ether oxygens (including phenoxy) is 2. The van der Waals surface area contributed by atoms with Crippen molar-refractivity contribution in [3.63, 3.8) is 0 Å². The summed E-state index contributed by atoms with van der Waals surface area (Å²) >= 11 is 0. The summed E-state index contributed by atoms with van der Waals surface area (Å²) in [5.74, 6) is 1.65. The van der Waals surface area contributed by atoms with Gasteiger partial charge in [0.1, 0.15) is 23.0 Å². The standard InChI is InChI=1S/C38H53NO6/c1-25(8-7-20-44-21-14-34(43)45-38(16-18-39-19-17-38)26-9-5-4-6-10-26)29-11-12-30-35-31(24-33(42)37(29,30)3)36(2)15-13-28(40)22-27(36)23-32(35)41/h4-6,9-10,25,27,29-31,35,39H,7-8,11-24H2,1-3H3/t25-,27+,29-,30+,31+,35+,36+,37-/m1/s1. The molecule has 1 N–H and O–H groups in total. The van der Waals surface area contributed by atoms with E-state index in [2.05, 4.69) is 26.1 Å². The molecule has 7 nitrogen and oxygen atoms in total. The number of rotatable bonds is 10. The van der Waals surface area contributed by atoms with E-state index in [0.29, 0.717) is 56.4 Å². The number of Topliss-reactive ketones (excluding diaryl/α,β-unsaturated/α-hetero) is 3. The maximum atomic E-state index is 14.0. The van der Waals surface area contributed by atoms with Gasteiger partial charge in [0.15, 0.2) is 0 Å². The second-order valence-corrected chi connectivity index (χ2v) is 15.5. The zero-order valence-corrected chi connectivity index (χ0v) is 27.6. The largest absolute Gasteiger partial charge is 0.454 e. The zero-order chi connectivity index (χ0) is 31.8. The average molecular weight is 620 g/mol. The SMILES string of the molecule is C[C@H](CCCOCCC(=O)OC1(c2ccccc2)CCNCC1)[C@H]1CC[C@H]2[C@@H]3C(=O)C[C@@H]4CC(=O)CC[C@]4(C)[C@H]3CC(=O)[C@]12C. The molecule has 5 fully saturated rings. The Labute approximate surface area is 269 Å². The Bertz CT molecular complexity index is 1270. The van der Waals surface area contributed by atoms with Crippen LogP contribution < -0.4 is 5.32 Å². The van der Waals surface area contributed by atoms with Gasteiger partial charge in [-0.25, -0.2) is 0 Å². The first kappa shape index (κ1) is 32.6. The maximum Gasteiger partial charge on any atom is 0.309 e. The molecule has 0 spiro atoms. The van der Waals surface area contributed by atoms with Crippen molar-refractivity contribution in [3.05, 3.63) is 35.9 Å². The lowest BCUT2D eigenvalue weighted by molar-refractivity contribution is -0.167. The minimum Gasteiger partial charge on any atom is -0.454 e. The fraction of sp³-hybridized carbons (Fsp3) is 0.737. The molecule has 0 amide bonds. The minimum atomic E-state index is -0.568. The van der Waals surface area contributed by atoms with Crippen LogP contribution in [0, 0.1) is 46.3 Å². The zero-order valence-electron chi connectivity index (χ0n) is 27.6. The van der Waals surface area contributed by atoms with Crippen LogP contribution in [0.1, 0.15) is 103 Å². The highest BCUT2D eigenvalue weighted by Gasteiger charge is 2.66. The van der Waals surface area contributed by atoms with Crippen molar-refractivity contribution in [3.8, 4) is 0 Å². The van der Waals surface area contributed by atoms with Gasteiger partial charge in [0.05, 0.1) is 13.0 Å². The molecule has 8 atom stereocenters. The van der Waals surface area contributed by atoms with Gasteiger partial charge in [-0.1, -0.05) is 51.1 Å². The number of benzene rings is 1. The number of piperidine rings is 1. The summed E-state index contributed by atoms with van der Waals surface area (Å²) in [4.78, 5) is 52.8. The summed E-state index contributed by atoms with van der Waals surface area (Å²) in [7, 11) is 0. The monoisotopic (exact) mass is 619 g/mol. The van der Waals surface area contributed by atoms with Crippen LogP contribution >= 0.6 is 0 Å².